The maximum Gasteiger partial charge on any atom is 0.269 e. The smallest absolute Gasteiger partial charge is 0.269 e. The minimum absolute atomic E-state index is 0.0324. The lowest BCUT2D eigenvalue weighted by atomic mass is 9.77. The molecule has 1 aromatic heterocycles. The van der Waals surface area contributed by atoms with E-state index in [2.05, 4.69) is 46.8 Å². The summed E-state index contributed by atoms with van der Waals surface area (Å²) >= 11 is 0. The summed E-state index contributed by atoms with van der Waals surface area (Å²) < 4.78 is 7.71. The highest BCUT2D eigenvalue weighted by molar-refractivity contribution is 5.58. The maximum atomic E-state index is 10.9. The summed E-state index contributed by atoms with van der Waals surface area (Å²) in [5.41, 5.74) is 2.66. The first kappa shape index (κ1) is 23.8. The summed E-state index contributed by atoms with van der Waals surface area (Å²) in [4.78, 5) is 10.5. The highest BCUT2D eigenvalue weighted by Gasteiger charge is 2.37. The van der Waals surface area contributed by atoms with Crippen LogP contribution in [-0.4, -0.2) is 21.3 Å². The third-order valence-corrected chi connectivity index (χ3v) is 6.27. The van der Waals surface area contributed by atoms with Gasteiger partial charge in [-0.05, 0) is 28.8 Å². The third kappa shape index (κ3) is 5.06. The Morgan fingerprint density at radius 2 is 1.27 bits per heavy atom. The Bertz CT molecular complexity index is 1340. The van der Waals surface area contributed by atoms with E-state index >= 15 is 0 Å². The molecule has 0 saturated carbocycles. The highest BCUT2D eigenvalue weighted by Crippen LogP contribution is 2.39. The normalized spacial score (nSPS) is 11.1. The second-order valence-electron chi connectivity index (χ2n) is 8.51. The van der Waals surface area contributed by atoms with Gasteiger partial charge in [0.2, 0.25) is 0 Å². The number of non-ortho nitro benzene ring substituents is 1. The number of rotatable bonds is 10. The van der Waals surface area contributed by atoms with Crippen molar-refractivity contribution >= 4 is 11.5 Å². The minimum Gasteiger partial charge on any atom is -0.492 e. The van der Waals surface area contributed by atoms with Crippen LogP contribution in [0.4, 0.5) is 11.5 Å². The number of anilines is 1. The molecule has 0 saturated heterocycles. The fraction of sp³-hybridized carbons (Fsp3) is 0.100. The zero-order chi connectivity index (χ0) is 25.5. The van der Waals surface area contributed by atoms with Crippen molar-refractivity contribution in [2.24, 2.45) is 0 Å². The Morgan fingerprint density at radius 3 is 1.76 bits per heavy atom. The molecule has 4 aromatic carbocycles. The number of aromatic nitrogens is 2. The topological polar surface area (TPSA) is 82.2 Å². The number of nitro benzene ring substituents is 1. The molecule has 0 aliphatic carbocycles. The van der Waals surface area contributed by atoms with E-state index in [1.807, 2.05) is 65.3 Å². The molecule has 0 atom stereocenters. The van der Waals surface area contributed by atoms with Crippen molar-refractivity contribution in [2.75, 3.05) is 11.9 Å². The molecule has 5 rings (SSSR count). The van der Waals surface area contributed by atoms with Crippen LogP contribution in [0.25, 0.3) is 0 Å². The van der Waals surface area contributed by atoms with E-state index in [4.69, 9.17) is 4.74 Å². The first-order valence-electron chi connectivity index (χ1n) is 12.0. The average molecular weight is 491 g/mol. The van der Waals surface area contributed by atoms with E-state index in [1.165, 1.54) is 12.1 Å². The molecule has 0 amide bonds. The summed E-state index contributed by atoms with van der Waals surface area (Å²) in [6.45, 7) is 0.837. The van der Waals surface area contributed by atoms with Crippen molar-refractivity contribution in [3.05, 3.63) is 154 Å². The second kappa shape index (κ2) is 10.8. The van der Waals surface area contributed by atoms with Gasteiger partial charge in [-0.2, -0.15) is 5.10 Å². The van der Waals surface area contributed by atoms with Crippen molar-refractivity contribution in [3.63, 3.8) is 0 Å². The van der Waals surface area contributed by atoms with Gasteiger partial charge in [-0.15, -0.1) is 0 Å². The Hall–Kier alpha value is -4.91. The largest absolute Gasteiger partial charge is 0.492 e. The lowest BCUT2D eigenvalue weighted by molar-refractivity contribution is -0.384. The number of nitrogens with zero attached hydrogens (tertiary/aromatic N) is 3. The van der Waals surface area contributed by atoms with Gasteiger partial charge in [0.25, 0.3) is 5.69 Å². The van der Waals surface area contributed by atoms with Crippen LogP contribution in [0.3, 0.4) is 0 Å². The maximum absolute atomic E-state index is 10.9. The van der Waals surface area contributed by atoms with Crippen molar-refractivity contribution in [1.82, 2.24) is 9.78 Å². The van der Waals surface area contributed by atoms with Crippen molar-refractivity contribution in [3.8, 4) is 5.75 Å². The van der Waals surface area contributed by atoms with Crippen LogP contribution < -0.4 is 10.1 Å². The molecular weight excluding hydrogens is 464 g/mol. The lowest BCUT2D eigenvalue weighted by Gasteiger charge is -2.37. The highest BCUT2D eigenvalue weighted by atomic mass is 16.6. The van der Waals surface area contributed by atoms with E-state index in [-0.39, 0.29) is 5.69 Å². The molecule has 7 heteroatoms. The summed E-state index contributed by atoms with van der Waals surface area (Å²) in [6.07, 6.45) is 1.76. The summed E-state index contributed by atoms with van der Waals surface area (Å²) in [6, 6.07) is 39.2. The van der Waals surface area contributed by atoms with Gasteiger partial charge in [0.1, 0.15) is 23.7 Å². The van der Waals surface area contributed by atoms with E-state index < -0.39 is 10.5 Å². The number of hydrogen-bond acceptors (Lipinski definition) is 5. The predicted octanol–water partition coefficient (Wildman–Crippen LogP) is 6.27. The first-order chi connectivity index (χ1) is 18.2. The Labute approximate surface area is 215 Å². The van der Waals surface area contributed by atoms with Gasteiger partial charge in [0, 0.05) is 18.2 Å². The molecule has 0 unspecified atom stereocenters. The SMILES string of the molecule is O=[N+]([O-])c1ccc(OCCn2nccc2NC(c2ccccc2)(c2ccccc2)c2ccccc2)cc1. The monoisotopic (exact) mass is 490 g/mol. The second-order valence-corrected chi connectivity index (χ2v) is 8.51. The van der Waals surface area contributed by atoms with Crippen LogP contribution >= 0.6 is 0 Å². The number of nitro groups is 1. The van der Waals surface area contributed by atoms with E-state index in [9.17, 15) is 10.1 Å². The van der Waals surface area contributed by atoms with Crippen LogP contribution in [0.5, 0.6) is 5.75 Å². The fourth-order valence-corrected chi connectivity index (χ4v) is 4.50. The molecule has 0 aliphatic rings. The van der Waals surface area contributed by atoms with Gasteiger partial charge in [-0.1, -0.05) is 91.0 Å². The molecule has 37 heavy (non-hydrogen) atoms. The number of benzene rings is 4. The van der Waals surface area contributed by atoms with E-state index in [1.54, 1.807) is 18.3 Å². The first-order valence-corrected chi connectivity index (χ1v) is 12.0. The molecule has 0 fully saturated rings. The zero-order valence-corrected chi connectivity index (χ0v) is 20.1. The Kier molecular flexibility index (Phi) is 6.94. The van der Waals surface area contributed by atoms with Crippen molar-refractivity contribution < 1.29 is 9.66 Å². The van der Waals surface area contributed by atoms with Crippen LogP contribution in [0.15, 0.2) is 128 Å². The summed E-state index contributed by atoms with van der Waals surface area (Å²) in [5, 5.41) is 19.3. The van der Waals surface area contributed by atoms with Gasteiger partial charge in [-0.25, -0.2) is 4.68 Å². The zero-order valence-electron chi connectivity index (χ0n) is 20.1. The average Bonchev–Trinajstić information content (AvgIpc) is 3.40. The molecule has 1 heterocycles. The van der Waals surface area contributed by atoms with Gasteiger partial charge in [0.05, 0.1) is 17.7 Å². The van der Waals surface area contributed by atoms with Gasteiger partial charge >= 0.3 is 0 Å². The molecule has 5 aromatic rings. The number of hydrogen-bond donors (Lipinski definition) is 1. The van der Waals surface area contributed by atoms with Crippen LogP contribution in [-0.2, 0) is 12.1 Å². The molecule has 7 nitrogen and oxygen atoms in total. The Morgan fingerprint density at radius 1 is 0.757 bits per heavy atom. The Balaban J connectivity index is 1.46. The molecule has 0 aliphatic heterocycles. The quantitative estimate of drug-likeness (QED) is 0.142. The van der Waals surface area contributed by atoms with Gasteiger partial charge in [-0.3, -0.25) is 10.1 Å². The summed E-state index contributed by atoms with van der Waals surface area (Å²) in [7, 11) is 0. The van der Waals surface area contributed by atoms with Crippen molar-refractivity contribution in [1.29, 1.82) is 0 Å². The van der Waals surface area contributed by atoms with Crippen LogP contribution in [0, 0.1) is 10.1 Å². The van der Waals surface area contributed by atoms with E-state index in [0.717, 1.165) is 22.5 Å². The molecule has 0 radical (unpaired) electrons. The van der Waals surface area contributed by atoms with Gasteiger partial charge in [0.15, 0.2) is 0 Å². The minimum atomic E-state index is -0.666. The van der Waals surface area contributed by atoms with Crippen LogP contribution in [0.1, 0.15) is 16.7 Å². The molecule has 0 bridgehead atoms. The standard InChI is InChI=1S/C30H26N4O3/c35-34(36)27-16-18-28(19-17-27)37-23-22-33-29(20-21-31-33)32-30(24-10-4-1-5-11-24,25-12-6-2-7-13-25)26-14-8-3-9-15-26/h1-21,32H,22-23H2. The van der Waals surface area contributed by atoms with Gasteiger partial charge < -0.3 is 10.1 Å². The van der Waals surface area contributed by atoms with Crippen molar-refractivity contribution in [2.45, 2.75) is 12.1 Å². The number of ether oxygens (including phenoxy) is 1. The fourth-order valence-electron chi connectivity index (χ4n) is 4.50. The predicted molar refractivity (Wildman–Crippen MR) is 144 cm³/mol. The number of nitrogens with one attached hydrogen (secondary N) is 1. The molecule has 1 N–H and O–H groups in total. The summed E-state index contributed by atoms with van der Waals surface area (Å²) in [5.74, 6) is 1.41. The van der Waals surface area contributed by atoms with E-state index in [0.29, 0.717) is 18.9 Å². The molecule has 0 spiro atoms. The molecule has 184 valence electrons. The third-order valence-electron chi connectivity index (χ3n) is 6.27. The van der Waals surface area contributed by atoms with Crippen LogP contribution in [0.2, 0.25) is 0 Å². The lowest BCUT2D eigenvalue weighted by Crippen LogP contribution is -2.39. The molecular formula is C30H26N4O3.